The number of rotatable bonds is 8. The van der Waals surface area contributed by atoms with Crippen molar-refractivity contribution in [1.82, 2.24) is 0 Å². The summed E-state index contributed by atoms with van der Waals surface area (Å²) in [4.78, 5) is 0. The number of hydrogen-bond donors (Lipinski definition) is 1. The number of nitrogens with two attached hydrogens (primary N) is 1. The van der Waals surface area contributed by atoms with Crippen molar-refractivity contribution in [2.75, 3.05) is 26.4 Å². The molecule has 0 aromatic heterocycles. The van der Waals surface area contributed by atoms with E-state index < -0.39 is 5.54 Å². The van der Waals surface area contributed by atoms with Gasteiger partial charge >= 0.3 is 0 Å². The average molecular weight is 248 g/mol. The number of benzene rings is 1. The summed E-state index contributed by atoms with van der Waals surface area (Å²) in [5, 5.41) is 9.19. The zero-order valence-corrected chi connectivity index (χ0v) is 10.8. The first-order valence-electron chi connectivity index (χ1n) is 6.14. The van der Waals surface area contributed by atoms with Crippen molar-refractivity contribution in [3.63, 3.8) is 0 Å². The summed E-state index contributed by atoms with van der Waals surface area (Å²) in [7, 11) is 0. The van der Waals surface area contributed by atoms with E-state index in [9.17, 15) is 5.26 Å². The molecule has 1 aromatic rings. The molecule has 2 N–H and O–H groups in total. The second-order valence-electron chi connectivity index (χ2n) is 4.11. The van der Waals surface area contributed by atoms with Gasteiger partial charge in [-0.15, -0.1) is 0 Å². The van der Waals surface area contributed by atoms with Crippen LogP contribution in [0, 0.1) is 11.3 Å². The van der Waals surface area contributed by atoms with E-state index in [0.717, 1.165) is 18.6 Å². The van der Waals surface area contributed by atoms with Crippen molar-refractivity contribution < 1.29 is 9.47 Å². The first kappa shape index (κ1) is 14.7. The topological polar surface area (TPSA) is 68.3 Å². The van der Waals surface area contributed by atoms with Crippen LogP contribution in [0.4, 0.5) is 0 Å². The van der Waals surface area contributed by atoms with Crippen LogP contribution in [0.2, 0.25) is 0 Å². The molecule has 0 amide bonds. The lowest BCUT2D eigenvalue weighted by Gasteiger charge is -2.21. The maximum atomic E-state index is 9.19. The summed E-state index contributed by atoms with van der Waals surface area (Å²) in [6, 6.07) is 11.4. The molecule has 1 aromatic carbocycles. The van der Waals surface area contributed by atoms with E-state index in [1.54, 1.807) is 0 Å². The van der Waals surface area contributed by atoms with E-state index >= 15 is 0 Å². The lowest BCUT2D eigenvalue weighted by atomic mass is 9.94. The molecule has 0 radical (unpaired) electrons. The predicted octanol–water partition coefficient (Wildman–Crippen LogP) is 1.81. The number of hydrogen-bond acceptors (Lipinski definition) is 4. The third-order valence-corrected chi connectivity index (χ3v) is 2.54. The van der Waals surface area contributed by atoms with Gasteiger partial charge in [-0.05, 0) is 12.0 Å². The molecule has 0 heterocycles. The minimum absolute atomic E-state index is 0.170. The van der Waals surface area contributed by atoms with E-state index in [-0.39, 0.29) is 6.61 Å². The molecule has 0 bridgehead atoms. The molecular weight excluding hydrogens is 228 g/mol. The smallest absolute Gasteiger partial charge is 0.153 e. The largest absolute Gasteiger partial charge is 0.379 e. The highest BCUT2D eigenvalue weighted by Gasteiger charge is 2.27. The van der Waals surface area contributed by atoms with E-state index in [0.29, 0.717) is 13.2 Å². The Morgan fingerprint density at radius 3 is 2.44 bits per heavy atom. The van der Waals surface area contributed by atoms with Crippen molar-refractivity contribution in [2.45, 2.75) is 18.9 Å². The maximum Gasteiger partial charge on any atom is 0.153 e. The summed E-state index contributed by atoms with van der Waals surface area (Å²) >= 11 is 0. The van der Waals surface area contributed by atoms with Crippen LogP contribution in [0.15, 0.2) is 30.3 Å². The lowest BCUT2D eigenvalue weighted by Crippen LogP contribution is -2.40. The van der Waals surface area contributed by atoms with Crippen molar-refractivity contribution >= 4 is 0 Å². The molecule has 0 fully saturated rings. The molecule has 18 heavy (non-hydrogen) atoms. The zero-order valence-electron chi connectivity index (χ0n) is 10.8. The third-order valence-electron chi connectivity index (χ3n) is 2.54. The van der Waals surface area contributed by atoms with Crippen molar-refractivity contribution in [1.29, 1.82) is 5.26 Å². The molecule has 1 atom stereocenters. The van der Waals surface area contributed by atoms with Crippen LogP contribution in [0.5, 0.6) is 0 Å². The van der Waals surface area contributed by atoms with Crippen LogP contribution in [-0.4, -0.2) is 26.4 Å². The molecular formula is C14H20N2O2. The molecule has 98 valence electrons. The summed E-state index contributed by atoms with van der Waals surface area (Å²) in [5.41, 5.74) is 5.71. The van der Waals surface area contributed by atoms with Gasteiger partial charge in [-0.2, -0.15) is 5.26 Å². The van der Waals surface area contributed by atoms with Crippen LogP contribution in [0.3, 0.4) is 0 Å². The Balaban J connectivity index is 2.40. The Kier molecular flexibility index (Phi) is 6.37. The molecule has 0 aliphatic rings. The van der Waals surface area contributed by atoms with Gasteiger partial charge in [-0.3, -0.25) is 0 Å². The van der Waals surface area contributed by atoms with E-state index in [2.05, 4.69) is 13.0 Å². The highest BCUT2D eigenvalue weighted by atomic mass is 16.5. The van der Waals surface area contributed by atoms with E-state index in [1.165, 1.54) is 0 Å². The van der Waals surface area contributed by atoms with Gasteiger partial charge in [0.05, 0.1) is 25.9 Å². The standard InChI is InChI=1S/C14H20N2O2/c1-2-8-17-9-10-18-12-14(16,11-15)13-6-4-3-5-7-13/h3-7H,2,8-10,12,16H2,1H3. The van der Waals surface area contributed by atoms with Crippen LogP contribution in [-0.2, 0) is 15.0 Å². The van der Waals surface area contributed by atoms with Gasteiger partial charge in [0.15, 0.2) is 5.54 Å². The molecule has 0 aliphatic carbocycles. The fraction of sp³-hybridized carbons (Fsp3) is 0.500. The van der Waals surface area contributed by atoms with Gasteiger partial charge in [0.2, 0.25) is 0 Å². The van der Waals surface area contributed by atoms with Crippen molar-refractivity contribution in [3.8, 4) is 6.07 Å². The molecule has 0 spiro atoms. The fourth-order valence-electron chi connectivity index (χ4n) is 1.51. The SMILES string of the molecule is CCCOCCOCC(N)(C#N)c1ccccc1. The lowest BCUT2D eigenvalue weighted by molar-refractivity contribution is 0.0348. The molecule has 4 nitrogen and oxygen atoms in total. The van der Waals surface area contributed by atoms with Crippen LogP contribution in [0.25, 0.3) is 0 Å². The number of nitriles is 1. The zero-order chi connectivity index (χ0) is 13.3. The van der Waals surface area contributed by atoms with Crippen LogP contribution < -0.4 is 5.73 Å². The average Bonchev–Trinajstić information content (AvgIpc) is 2.43. The Morgan fingerprint density at radius 2 is 1.83 bits per heavy atom. The summed E-state index contributed by atoms with van der Waals surface area (Å²) in [6.45, 7) is 3.94. The first-order valence-corrected chi connectivity index (χ1v) is 6.14. The monoisotopic (exact) mass is 248 g/mol. The molecule has 0 aliphatic heterocycles. The Labute approximate surface area is 108 Å². The van der Waals surface area contributed by atoms with Crippen LogP contribution >= 0.6 is 0 Å². The quantitative estimate of drug-likeness (QED) is 0.712. The van der Waals surface area contributed by atoms with Crippen molar-refractivity contribution in [3.05, 3.63) is 35.9 Å². The Hall–Kier alpha value is -1.41. The highest BCUT2D eigenvalue weighted by Crippen LogP contribution is 2.17. The number of ether oxygens (including phenoxy) is 2. The minimum Gasteiger partial charge on any atom is -0.379 e. The van der Waals surface area contributed by atoms with Gasteiger partial charge in [-0.25, -0.2) is 0 Å². The Bertz CT molecular complexity index is 375. The second-order valence-corrected chi connectivity index (χ2v) is 4.11. The second kappa shape index (κ2) is 7.83. The number of nitrogens with zero attached hydrogens (tertiary/aromatic N) is 1. The van der Waals surface area contributed by atoms with Gasteiger partial charge in [0.1, 0.15) is 0 Å². The third kappa shape index (κ3) is 4.46. The van der Waals surface area contributed by atoms with Gasteiger partial charge in [-0.1, -0.05) is 37.3 Å². The van der Waals surface area contributed by atoms with Crippen LogP contribution in [0.1, 0.15) is 18.9 Å². The molecule has 4 heteroatoms. The molecule has 1 rings (SSSR count). The molecule has 1 unspecified atom stereocenters. The summed E-state index contributed by atoms with van der Waals surface area (Å²) < 4.78 is 10.7. The normalized spacial score (nSPS) is 13.8. The molecule has 0 saturated heterocycles. The minimum atomic E-state index is -1.09. The van der Waals surface area contributed by atoms with Crippen molar-refractivity contribution in [2.24, 2.45) is 5.73 Å². The maximum absolute atomic E-state index is 9.19. The van der Waals surface area contributed by atoms with E-state index in [1.807, 2.05) is 30.3 Å². The first-order chi connectivity index (χ1) is 8.73. The predicted molar refractivity (Wildman–Crippen MR) is 69.8 cm³/mol. The fourth-order valence-corrected chi connectivity index (χ4v) is 1.51. The summed E-state index contributed by atoms with van der Waals surface area (Å²) in [5.74, 6) is 0. The van der Waals surface area contributed by atoms with Gasteiger partial charge < -0.3 is 15.2 Å². The highest BCUT2D eigenvalue weighted by molar-refractivity contribution is 5.30. The van der Waals surface area contributed by atoms with Gasteiger partial charge in [0, 0.05) is 6.61 Å². The van der Waals surface area contributed by atoms with E-state index in [4.69, 9.17) is 15.2 Å². The molecule has 0 saturated carbocycles. The summed E-state index contributed by atoms with van der Waals surface area (Å²) in [6.07, 6.45) is 0.989. The van der Waals surface area contributed by atoms with Gasteiger partial charge in [0.25, 0.3) is 0 Å². The Morgan fingerprint density at radius 1 is 1.17 bits per heavy atom.